The highest BCUT2D eigenvalue weighted by Crippen LogP contribution is 2.08. The number of likely N-dealkylation sites (tertiary alicyclic amines) is 1. The molecule has 19 heavy (non-hydrogen) atoms. The van der Waals surface area contributed by atoms with E-state index in [-0.39, 0.29) is 37.0 Å². The first kappa shape index (κ1) is 13.6. The number of aliphatic hydroxyl groups excluding tert-OH is 1. The smallest absolute Gasteiger partial charge is 0.292 e. The molecular weight excluding hydrogens is 248 g/mol. The highest BCUT2D eigenvalue weighted by atomic mass is 16.5. The third-order valence-corrected chi connectivity index (χ3v) is 3.14. The number of hydrogen-bond acceptors (Lipinski definition) is 4. The molecule has 1 saturated heterocycles. The molecule has 1 amide bonds. The van der Waals surface area contributed by atoms with Crippen LogP contribution in [-0.2, 0) is 11.3 Å². The first-order valence-electron chi connectivity index (χ1n) is 6.43. The van der Waals surface area contributed by atoms with Gasteiger partial charge in [-0.05, 0) is 25.0 Å². The molecule has 0 saturated carbocycles. The summed E-state index contributed by atoms with van der Waals surface area (Å²) in [7, 11) is 0. The summed E-state index contributed by atoms with van der Waals surface area (Å²) >= 11 is 0. The molecule has 1 N–H and O–H groups in total. The molecule has 0 bridgehead atoms. The van der Waals surface area contributed by atoms with Crippen molar-refractivity contribution in [1.29, 1.82) is 0 Å². The van der Waals surface area contributed by atoms with Crippen molar-refractivity contribution in [2.24, 2.45) is 0 Å². The Balaban J connectivity index is 1.97. The molecule has 104 valence electrons. The van der Waals surface area contributed by atoms with E-state index in [0.29, 0.717) is 0 Å². The van der Waals surface area contributed by atoms with Crippen molar-refractivity contribution in [3.63, 3.8) is 0 Å². The van der Waals surface area contributed by atoms with E-state index in [9.17, 15) is 9.59 Å². The fourth-order valence-corrected chi connectivity index (χ4v) is 2.11. The molecule has 1 fully saturated rings. The van der Waals surface area contributed by atoms with Crippen LogP contribution in [0.15, 0.2) is 23.1 Å². The van der Waals surface area contributed by atoms with Crippen molar-refractivity contribution in [2.75, 3.05) is 26.3 Å². The summed E-state index contributed by atoms with van der Waals surface area (Å²) in [5.74, 6) is 0.0537. The zero-order valence-electron chi connectivity index (χ0n) is 10.7. The molecule has 1 aliphatic heterocycles. The third-order valence-electron chi connectivity index (χ3n) is 3.14. The number of rotatable bonds is 5. The Morgan fingerprint density at radius 3 is 2.79 bits per heavy atom. The van der Waals surface area contributed by atoms with Crippen LogP contribution in [0.25, 0.3) is 0 Å². The summed E-state index contributed by atoms with van der Waals surface area (Å²) in [4.78, 5) is 25.4. The molecule has 0 aliphatic carbocycles. The minimum atomic E-state index is -0.328. The van der Waals surface area contributed by atoms with Crippen molar-refractivity contribution in [2.45, 2.75) is 19.4 Å². The van der Waals surface area contributed by atoms with Gasteiger partial charge in [0.05, 0.1) is 6.61 Å². The van der Waals surface area contributed by atoms with E-state index in [4.69, 9.17) is 9.84 Å². The fraction of sp³-hybridized carbons (Fsp3) is 0.538. The molecule has 1 aromatic rings. The van der Waals surface area contributed by atoms with Gasteiger partial charge in [-0.3, -0.25) is 9.59 Å². The van der Waals surface area contributed by atoms with E-state index < -0.39 is 0 Å². The fourth-order valence-electron chi connectivity index (χ4n) is 2.11. The summed E-state index contributed by atoms with van der Waals surface area (Å²) in [5, 5.41) is 8.84. The van der Waals surface area contributed by atoms with Gasteiger partial charge in [0.15, 0.2) is 12.4 Å². The first-order valence-corrected chi connectivity index (χ1v) is 6.43. The third kappa shape index (κ3) is 3.35. The van der Waals surface area contributed by atoms with Crippen LogP contribution in [0.5, 0.6) is 5.75 Å². The summed E-state index contributed by atoms with van der Waals surface area (Å²) in [6, 6.07) is 3.19. The first-order chi connectivity index (χ1) is 9.22. The molecule has 0 atom stereocenters. The highest BCUT2D eigenvalue weighted by Gasteiger charge is 2.18. The lowest BCUT2D eigenvalue weighted by Crippen LogP contribution is -2.33. The van der Waals surface area contributed by atoms with Gasteiger partial charge in [-0.15, -0.1) is 0 Å². The Kier molecular flexibility index (Phi) is 4.57. The summed E-state index contributed by atoms with van der Waals surface area (Å²) in [5.41, 5.74) is -0.328. The van der Waals surface area contributed by atoms with Crippen molar-refractivity contribution in [3.8, 4) is 5.75 Å². The second kappa shape index (κ2) is 6.38. The SMILES string of the molecule is O=C(COc1cccn(CCO)c1=O)N1CCCC1. The molecule has 1 aromatic heterocycles. The number of pyridine rings is 1. The Labute approximate surface area is 111 Å². The molecule has 2 rings (SSSR count). The zero-order valence-corrected chi connectivity index (χ0v) is 10.7. The van der Waals surface area contributed by atoms with Crippen LogP contribution in [0.2, 0.25) is 0 Å². The van der Waals surface area contributed by atoms with Crippen molar-refractivity contribution in [3.05, 3.63) is 28.7 Å². The maximum absolute atomic E-state index is 11.9. The summed E-state index contributed by atoms with van der Waals surface area (Å²) in [6.07, 6.45) is 3.63. The van der Waals surface area contributed by atoms with Crippen molar-refractivity contribution < 1.29 is 14.6 Å². The lowest BCUT2D eigenvalue weighted by molar-refractivity contribution is -0.132. The minimum Gasteiger partial charge on any atom is -0.478 e. The molecular formula is C13H18N2O4. The van der Waals surface area contributed by atoms with Crippen LogP contribution in [0.3, 0.4) is 0 Å². The number of ether oxygens (including phenoxy) is 1. The number of carbonyl (C=O) groups excluding carboxylic acids is 1. The predicted octanol–water partition coefficient (Wildman–Crippen LogP) is -0.158. The minimum absolute atomic E-state index is 0.0885. The van der Waals surface area contributed by atoms with Gasteiger partial charge in [0.25, 0.3) is 11.5 Å². The predicted molar refractivity (Wildman–Crippen MR) is 69.1 cm³/mol. The van der Waals surface area contributed by atoms with Crippen LogP contribution in [-0.4, -0.2) is 46.8 Å². The largest absolute Gasteiger partial charge is 0.478 e. The highest BCUT2D eigenvalue weighted by molar-refractivity contribution is 5.77. The van der Waals surface area contributed by atoms with Crippen LogP contribution >= 0.6 is 0 Å². The summed E-state index contributed by atoms with van der Waals surface area (Å²) in [6.45, 7) is 1.53. The number of hydrogen-bond donors (Lipinski definition) is 1. The molecule has 0 unspecified atom stereocenters. The van der Waals surface area contributed by atoms with Gasteiger partial charge < -0.3 is 19.3 Å². The maximum atomic E-state index is 11.9. The quantitative estimate of drug-likeness (QED) is 0.804. The molecule has 0 aromatic carbocycles. The number of aromatic nitrogens is 1. The standard InChI is InChI=1S/C13H18N2O4/c16-9-8-15-7-3-4-11(13(15)18)19-10-12(17)14-5-1-2-6-14/h3-4,7,16H,1-2,5-6,8-10H2. The van der Waals surface area contributed by atoms with E-state index in [1.165, 1.54) is 10.6 Å². The van der Waals surface area contributed by atoms with E-state index in [1.54, 1.807) is 17.2 Å². The maximum Gasteiger partial charge on any atom is 0.292 e. The monoisotopic (exact) mass is 266 g/mol. The lowest BCUT2D eigenvalue weighted by atomic mass is 10.4. The second-order valence-electron chi connectivity index (χ2n) is 4.47. The van der Waals surface area contributed by atoms with Gasteiger partial charge in [0.1, 0.15) is 0 Å². The Bertz CT molecular complexity index is 492. The van der Waals surface area contributed by atoms with Gasteiger partial charge in [-0.1, -0.05) is 0 Å². The zero-order chi connectivity index (χ0) is 13.7. The molecule has 6 heteroatoms. The molecule has 6 nitrogen and oxygen atoms in total. The van der Waals surface area contributed by atoms with Gasteiger partial charge in [0.2, 0.25) is 0 Å². The van der Waals surface area contributed by atoms with E-state index in [2.05, 4.69) is 0 Å². The summed E-state index contributed by atoms with van der Waals surface area (Å²) < 4.78 is 6.65. The Hall–Kier alpha value is -1.82. The van der Waals surface area contributed by atoms with E-state index in [1.807, 2.05) is 0 Å². The van der Waals surface area contributed by atoms with Crippen LogP contribution < -0.4 is 10.3 Å². The molecule has 0 radical (unpaired) electrons. The topological polar surface area (TPSA) is 71.8 Å². The van der Waals surface area contributed by atoms with E-state index in [0.717, 1.165) is 25.9 Å². The molecule has 2 heterocycles. The number of nitrogens with zero attached hydrogens (tertiary/aromatic N) is 2. The van der Waals surface area contributed by atoms with Crippen LogP contribution in [0.4, 0.5) is 0 Å². The van der Waals surface area contributed by atoms with Gasteiger partial charge in [-0.2, -0.15) is 0 Å². The van der Waals surface area contributed by atoms with Crippen LogP contribution in [0.1, 0.15) is 12.8 Å². The molecule has 1 aliphatic rings. The van der Waals surface area contributed by atoms with Gasteiger partial charge in [0, 0.05) is 25.8 Å². The van der Waals surface area contributed by atoms with Crippen molar-refractivity contribution >= 4 is 5.91 Å². The van der Waals surface area contributed by atoms with Crippen LogP contribution in [0, 0.1) is 0 Å². The number of amides is 1. The Morgan fingerprint density at radius 2 is 2.11 bits per heavy atom. The number of carbonyl (C=O) groups is 1. The normalized spacial score (nSPS) is 14.7. The second-order valence-corrected chi connectivity index (χ2v) is 4.47. The lowest BCUT2D eigenvalue weighted by Gasteiger charge is -2.15. The van der Waals surface area contributed by atoms with Gasteiger partial charge >= 0.3 is 0 Å². The van der Waals surface area contributed by atoms with E-state index >= 15 is 0 Å². The Morgan fingerprint density at radius 1 is 1.37 bits per heavy atom. The molecule has 0 spiro atoms. The number of aliphatic hydroxyl groups is 1. The average Bonchev–Trinajstić information content (AvgIpc) is 2.94. The van der Waals surface area contributed by atoms with Crippen molar-refractivity contribution in [1.82, 2.24) is 9.47 Å². The average molecular weight is 266 g/mol. The van der Waals surface area contributed by atoms with Gasteiger partial charge in [-0.25, -0.2) is 0 Å².